The minimum atomic E-state index is -4.34. The van der Waals surface area contributed by atoms with Crippen LogP contribution in [0.5, 0.6) is 0 Å². The van der Waals surface area contributed by atoms with Gasteiger partial charge in [0.25, 0.3) is 0 Å². The Labute approximate surface area is 55.7 Å². The molecule has 0 aromatic heterocycles. The number of rotatable bonds is 4. The highest BCUT2D eigenvalue weighted by atomic mass is 32.2. The van der Waals surface area contributed by atoms with Gasteiger partial charge in [-0.3, -0.25) is 0 Å². The smallest absolute Gasteiger partial charge is 0.191 e. The minimum absolute atomic E-state index is 0.306. The zero-order valence-corrected chi connectivity index (χ0v) is 5.33. The molecule has 0 bridgehead atoms. The van der Waals surface area contributed by atoms with Gasteiger partial charge in [0.05, 0.1) is 0 Å². The molecule has 10 heteroatoms. The molecule has 0 fully saturated rings. The average molecular weight is 165 g/mol. The third kappa shape index (κ3) is 1.51. The molecule has 10 heavy (non-hydrogen) atoms. The lowest BCUT2D eigenvalue weighted by Gasteiger charge is -2.00. The molecule has 0 aromatic rings. The van der Waals surface area contributed by atoms with Crippen molar-refractivity contribution in [3.8, 4) is 0 Å². The van der Waals surface area contributed by atoms with E-state index in [1.165, 1.54) is 0 Å². The summed E-state index contributed by atoms with van der Waals surface area (Å²) in [7, 11) is -4.34. The second kappa shape index (κ2) is 2.91. The summed E-state index contributed by atoms with van der Waals surface area (Å²) in [5.41, 5.74) is 18.3. The fourth-order valence-electron chi connectivity index (χ4n) is 0.162. The maximum absolute atomic E-state index is 10.3. The van der Waals surface area contributed by atoms with Gasteiger partial charge in [-0.2, -0.15) is 25.0 Å². The van der Waals surface area contributed by atoms with Gasteiger partial charge in [-0.05, 0) is 19.5 Å². The van der Waals surface area contributed by atoms with Crippen molar-refractivity contribution in [3.63, 3.8) is 0 Å². The van der Waals surface area contributed by atoms with Crippen molar-refractivity contribution >= 4 is 10.2 Å². The lowest BCUT2D eigenvalue weighted by atomic mass is 12.4. The van der Waals surface area contributed by atoms with Gasteiger partial charge in [-0.25, -0.2) is 0 Å². The van der Waals surface area contributed by atoms with Gasteiger partial charge in [0.2, 0.25) is 0 Å². The predicted molar refractivity (Wildman–Crippen MR) is 26.2 cm³/mol. The Hall–Kier alpha value is -1.45. The fourth-order valence-corrected chi connectivity index (χ4v) is 0.441. The van der Waals surface area contributed by atoms with Crippen molar-refractivity contribution in [2.45, 2.75) is 0 Å². The first-order valence-electron chi connectivity index (χ1n) is 1.77. The summed E-state index contributed by atoms with van der Waals surface area (Å²) >= 11 is 0. The number of nitrogens with one attached hydrogen (secondary N) is 3. The molecule has 0 aliphatic rings. The Morgan fingerprint density at radius 3 is 1.60 bits per heavy atom. The van der Waals surface area contributed by atoms with Crippen LogP contribution in [0.25, 0.3) is 0 Å². The third-order valence-electron chi connectivity index (χ3n) is 0.493. The Bertz CT molecular complexity index is 228. The summed E-state index contributed by atoms with van der Waals surface area (Å²) in [4.78, 5) is 0. The predicted octanol–water partition coefficient (Wildman–Crippen LogP) is 0.456. The van der Waals surface area contributed by atoms with E-state index < -0.39 is 10.2 Å². The molecule has 0 unspecified atom stereocenters. The first-order chi connectivity index (χ1) is 4.58. The van der Waals surface area contributed by atoms with E-state index in [2.05, 4.69) is 15.0 Å². The molecular weight excluding hydrogens is 162 g/mol. The summed E-state index contributed by atoms with van der Waals surface area (Å²) in [6, 6.07) is 0. The molecule has 0 saturated heterocycles. The molecular formula is H3N7O2S. The molecule has 56 valence electrons. The molecule has 0 aliphatic heterocycles. The highest BCUT2D eigenvalue weighted by molar-refractivity contribution is 7.87. The SMILES string of the molecule is N=NN(N=N)S(=O)(=O)N=N. The van der Waals surface area contributed by atoms with E-state index in [4.69, 9.17) is 16.6 Å². The number of nitrogens with zero attached hydrogens (tertiary/aromatic N) is 4. The van der Waals surface area contributed by atoms with Crippen molar-refractivity contribution in [1.82, 2.24) is 4.52 Å². The number of hydrogen-bond acceptors (Lipinski definition) is 7. The molecule has 0 aromatic carbocycles. The maximum Gasteiger partial charge on any atom is 0.399 e. The molecule has 0 amide bonds. The van der Waals surface area contributed by atoms with Gasteiger partial charge in [0, 0.05) is 0 Å². The van der Waals surface area contributed by atoms with Gasteiger partial charge in [0.1, 0.15) is 0 Å². The largest absolute Gasteiger partial charge is 0.399 e. The zero-order chi connectivity index (χ0) is 8.20. The lowest BCUT2D eigenvalue weighted by Crippen LogP contribution is -2.15. The first kappa shape index (κ1) is 8.55. The Morgan fingerprint density at radius 1 is 1.10 bits per heavy atom. The summed E-state index contributed by atoms with van der Waals surface area (Å²) in [6.07, 6.45) is 0. The van der Waals surface area contributed by atoms with Crippen LogP contribution in [-0.2, 0) is 10.2 Å². The monoisotopic (exact) mass is 165 g/mol. The van der Waals surface area contributed by atoms with Crippen LogP contribution in [0.2, 0.25) is 0 Å². The molecule has 0 rings (SSSR count). The average Bonchev–Trinajstić information content (AvgIpc) is 1.90. The standard InChI is InChI=1S/H3N7O2S/c1-4-7(5-2)10(8,9)6-3/h1-3H. The van der Waals surface area contributed by atoms with Gasteiger partial charge < -0.3 is 0 Å². The van der Waals surface area contributed by atoms with Gasteiger partial charge in [-0.15, -0.1) is 0 Å². The quantitative estimate of drug-likeness (QED) is 0.410. The Balaban J connectivity index is 4.76. The minimum Gasteiger partial charge on any atom is -0.191 e. The highest BCUT2D eigenvalue weighted by Gasteiger charge is 2.17. The second-order valence-corrected chi connectivity index (χ2v) is 2.40. The summed E-state index contributed by atoms with van der Waals surface area (Å²) in [5.74, 6) is 0. The van der Waals surface area contributed by atoms with Crippen LogP contribution in [0.3, 0.4) is 0 Å². The van der Waals surface area contributed by atoms with Crippen LogP contribution in [-0.4, -0.2) is 12.9 Å². The summed E-state index contributed by atoms with van der Waals surface area (Å²) < 4.78 is 22.4. The van der Waals surface area contributed by atoms with Crippen LogP contribution in [0.1, 0.15) is 0 Å². The highest BCUT2D eigenvalue weighted by Crippen LogP contribution is 2.02. The van der Waals surface area contributed by atoms with E-state index in [1.54, 1.807) is 0 Å². The van der Waals surface area contributed by atoms with Crippen molar-refractivity contribution in [3.05, 3.63) is 0 Å². The van der Waals surface area contributed by atoms with E-state index in [-0.39, 0.29) is 4.52 Å². The van der Waals surface area contributed by atoms with Crippen LogP contribution < -0.4 is 0 Å². The van der Waals surface area contributed by atoms with Gasteiger partial charge in [0.15, 0.2) is 0 Å². The van der Waals surface area contributed by atoms with E-state index in [0.29, 0.717) is 0 Å². The summed E-state index contributed by atoms with van der Waals surface area (Å²) in [6.45, 7) is 0. The normalized spacial score (nSPS) is 10.0. The van der Waals surface area contributed by atoms with Crippen molar-refractivity contribution in [2.24, 2.45) is 15.0 Å². The molecule has 0 atom stereocenters. The Morgan fingerprint density at radius 2 is 1.50 bits per heavy atom. The lowest BCUT2D eigenvalue weighted by molar-refractivity contribution is 0.387. The summed E-state index contributed by atoms with van der Waals surface area (Å²) in [5, 5.41) is 4.55. The Kier molecular flexibility index (Phi) is 2.49. The second-order valence-electron chi connectivity index (χ2n) is 0.992. The molecule has 3 N–H and O–H groups in total. The molecule has 0 spiro atoms. The van der Waals surface area contributed by atoms with Gasteiger partial charge >= 0.3 is 10.2 Å². The van der Waals surface area contributed by atoms with Crippen molar-refractivity contribution in [1.29, 1.82) is 16.6 Å². The van der Waals surface area contributed by atoms with E-state index in [9.17, 15) is 8.42 Å². The van der Waals surface area contributed by atoms with Gasteiger partial charge in [-0.1, -0.05) is 0 Å². The molecule has 0 radical (unpaired) electrons. The first-order valence-corrected chi connectivity index (χ1v) is 3.17. The van der Waals surface area contributed by atoms with Crippen molar-refractivity contribution in [2.75, 3.05) is 0 Å². The van der Waals surface area contributed by atoms with Crippen LogP contribution >= 0.6 is 0 Å². The molecule has 0 saturated carbocycles. The molecule has 0 heterocycles. The zero-order valence-electron chi connectivity index (χ0n) is 4.51. The van der Waals surface area contributed by atoms with Crippen LogP contribution in [0.15, 0.2) is 15.0 Å². The van der Waals surface area contributed by atoms with Crippen LogP contribution in [0, 0.1) is 16.6 Å². The third-order valence-corrected chi connectivity index (χ3v) is 1.30. The number of hydrogen-bond donors (Lipinski definition) is 3. The van der Waals surface area contributed by atoms with Crippen molar-refractivity contribution < 1.29 is 8.42 Å². The van der Waals surface area contributed by atoms with E-state index >= 15 is 0 Å². The van der Waals surface area contributed by atoms with Crippen LogP contribution in [0.4, 0.5) is 0 Å². The molecule has 9 nitrogen and oxygen atoms in total. The maximum atomic E-state index is 10.3. The van der Waals surface area contributed by atoms with E-state index in [0.717, 1.165) is 0 Å². The van der Waals surface area contributed by atoms with E-state index in [1.807, 2.05) is 0 Å². The topological polar surface area (TPSA) is 146 Å². The fraction of sp³-hybridized carbons (Fsp3) is 0. The molecule has 0 aliphatic carbocycles.